The number of hydrogen-bond donors (Lipinski definition) is 0. The minimum atomic E-state index is -5.19. The van der Waals surface area contributed by atoms with Gasteiger partial charge in [0.15, 0.2) is 0 Å². The first kappa shape index (κ1) is 16.4. The highest BCUT2D eigenvalue weighted by molar-refractivity contribution is 6.30. The van der Waals surface area contributed by atoms with Gasteiger partial charge in [-0.15, -0.1) is 0 Å². The Morgan fingerprint density at radius 2 is 2.10 bits per heavy atom. The van der Waals surface area contributed by atoms with Crippen LogP contribution < -0.4 is 0 Å². The van der Waals surface area contributed by atoms with Crippen LogP contribution in [0.25, 0.3) is 0 Å². The zero-order valence-electron chi connectivity index (χ0n) is 10.3. The van der Waals surface area contributed by atoms with E-state index in [9.17, 15) is 22.8 Å². The van der Waals surface area contributed by atoms with Crippen LogP contribution >= 0.6 is 11.6 Å². The third-order valence-corrected chi connectivity index (χ3v) is 2.28. The van der Waals surface area contributed by atoms with Crippen molar-refractivity contribution in [2.75, 3.05) is 13.6 Å². The van der Waals surface area contributed by atoms with Crippen LogP contribution in [0.2, 0.25) is 5.02 Å². The lowest BCUT2D eigenvalue weighted by Gasteiger charge is -2.15. The standard InChI is InChI=1S/C11H10ClF3N2O3/c1-17(5-8-4-7(12)2-3-16-8)6-9(18)20-10(19)11(13,14)15/h2-4H,5-6H2,1H3. The van der Waals surface area contributed by atoms with E-state index >= 15 is 0 Å². The smallest absolute Gasteiger partial charge is 0.385 e. The number of carbonyl (C=O) groups is 2. The normalized spacial score (nSPS) is 11.5. The minimum absolute atomic E-state index is 0.163. The van der Waals surface area contributed by atoms with Crippen LogP contribution in [-0.2, 0) is 20.9 Å². The van der Waals surface area contributed by atoms with E-state index in [4.69, 9.17) is 11.6 Å². The maximum atomic E-state index is 11.9. The van der Waals surface area contributed by atoms with Gasteiger partial charge in [0, 0.05) is 17.8 Å². The Balaban J connectivity index is 2.48. The Morgan fingerprint density at radius 3 is 2.65 bits per heavy atom. The molecule has 0 amide bonds. The number of halogens is 4. The van der Waals surface area contributed by atoms with Crippen LogP contribution in [0.15, 0.2) is 18.3 Å². The van der Waals surface area contributed by atoms with Crippen LogP contribution in [0.4, 0.5) is 13.2 Å². The zero-order chi connectivity index (χ0) is 15.3. The van der Waals surface area contributed by atoms with Crippen LogP contribution in [-0.4, -0.2) is 41.6 Å². The van der Waals surface area contributed by atoms with Gasteiger partial charge in [-0.05, 0) is 19.2 Å². The van der Waals surface area contributed by atoms with Gasteiger partial charge < -0.3 is 4.74 Å². The highest BCUT2D eigenvalue weighted by Gasteiger charge is 2.42. The molecule has 0 atom stereocenters. The van der Waals surface area contributed by atoms with Gasteiger partial charge in [-0.25, -0.2) is 4.79 Å². The maximum Gasteiger partial charge on any atom is 0.491 e. The van der Waals surface area contributed by atoms with Crippen molar-refractivity contribution in [3.63, 3.8) is 0 Å². The molecule has 0 aliphatic carbocycles. The summed E-state index contributed by atoms with van der Waals surface area (Å²) in [7, 11) is 1.46. The largest absolute Gasteiger partial charge is 0.491 e. The highest BCUT2D eigenvalue weighted by Crippen LogP contribution is 2.16. The summed E-state index contributed by atoms with van der Waals surface area (Å²) in [6.45, 7) is -0.327. The summed E-state index contributed by atoms with van der Waals surface area (Å²) in [5, 5.41) is 0.443. The van der Waals surface area contributed by atoms with E-state index in [2.05, 4.69) is 9.72 Å². The van der Waals surface area contributed by atoms with Crippen molar-refractivity contribution in [1.29, 1.82) is 0 Å². The first-order chi connectivity index (χ1) is 9.18. The number of aromatic nitrogens is 1. The predicted molar refractivity (Wildman–Crippen MR) is 62.7 cm³/mol. The lowest BCUT2D eigenvalue weighted by atomic mass is 10.3. The Hall–Kier alpha value is -1.67. The molecule has 9 heteroatoms. The number of carbonyl (C=O) groups excluding carboxylic acids is 2. The topological polar surface area (TPSA) is 59.5 Å². The van der Waals surface area contributed by atoms with Crippen molar-refractivity contribution >= 4 is 23.5 Å². The lowest BCUT2D eigenvalue weighted by molar-refractivity contribution is -0.202. The molecule has 1 heterocycles. The van der Waals surface area contributed by atoms with Crippen molar-refractivity contribution in [3.8, 4) is 0 Å². The summed E-state index contributed by atoms with van der Waals surface area (Å²) >= 11 is 5.73. The third-order valence-electron chi connectivity index (χ3n) is 2.05. The number of rotatable bonds is 4. The van der Waals surface area contributed by atoms with E-state index in [1.165, 1.54) is 18.1 Å². The third kappa shape index (κ3) is 5.54. The summed E-state index contributed by atoms with van der Waals surface area (Å²) in [5.41, 5.74) is 0.523. The molecule has 0 bridgehead atoms. The van der Waals surface area contributed by atoms with Gasteiger partial charge in [-0.3, -0.25) is 14.7 Å². The highest BCUT2D eigenvalue weighted by atomic mass is 35.5. The average Bonchev–Trinajstić information content (AvgIpc) is 2.26. The van der Waals surface area contributed by atoms with Crippen molar-refractivity contribution in [2.24, 2.45) is 0 Å². The van der Waals surface area contributed by atoms with Gasteiger partial charge in [0.25, 0.3) is 0 Å². The Bertz CT molecular complexity index is 508. The van der Waals surface area contributed by atoms with Crippen LogP contribution in [0.5, 0.6) is 0 Å². The average molecular weight is 311 g/mol. The summed E-state index contributed by atoms with van der Waals surface area (Å²) in [6, 6.07) is 3.10. The Kier molecular flexibility index (Phi) is 5.46. The summed E-state index contributed by atoms with van der Waals surface area (Å²) in [6.07, 6.45) is -3.74. The molecule has 0 aromatic carbocycles. The van der Waals surface area contributed by atoms with E-state index in [0.717, 1.165) is 0 Å². The monoisotopic (exact) mass is 310 g/mol. The Labute approximate surface area is 117 Å². The van der Waals surface area contributed by atoms with Crippen molar-refractivity contribution in [3.05, 3.63) is 29.0 Å². The first-order valence-corrected chi connectivity index (χ1v) is 5.67. The molecule has 0 saturated heterocycles. The maximum absolute atomic E-state index is 11.9. The molecule has 0 N–H and O–H groups in total. The molecule has 5 nitrogen and oxygen atoms in total. The molecule has 0 spiro atoms. The van der Waals surface area contributed by atoms with Gasteiger partial charge in [0.1, 0.15) is 0 Å². The van der Waals surface area contributed by atoms with Crippen LogP contribution in [0, 0.1) is 0 Å². The van der Waals surface area contributed by atoms with E-state index < -0.39 is 24.7 Å². The van der Waals surface area contributed by atoms with E-state index in [-0.39, 0.29) is 6.54 Å². The molecular formula is C11H10ClF3N2O3. The minimum Gasteiger partial charge on any atom is -0.385 e. The number of pyridine rings is 1. The number of nitrogens with zero attached hydrogens (tertiary/aromatic N) is 2. The number of ether oxygens (including phenoxy) is 1. The fraction of sp³-hybridized carbons (Fsp3) is 0.364. The molecule has 0 fully saturated rings. The van der Waals surface area contributed by atoms with Gasteiger partial charge in [0.2, 0.25) is 0 Å². The second kappa shape index (κ2) is 6.67. The molecule has 110 valence electrons. The summed E-state index contributed by atoms with van der Waals surface area (Å²) in [4.78, 5) is 26.9. The van der Waals surface area contributed by atoms with Crippen molar-refractivity contribution < 1.29 is 27.5 Å². The quantitative estimate of drug-likeness (QED) is 0.627. The number of likely N-dealkylation sites (N-methyl/N-ethyl adjacent to an activating group) is 1. The first-order valence-electron chi connectivity index (χ1n) is 5.29. The molecule has 20 heavy (non-hydrogen) atoms. The Morgan fingerprint density at radius 1 is 1.45 bits per heavy atom. The molecule has 1 aromatic rings. The number of hydrogen-bond acceptors (Lipinski definition) is 5. The van der Waals surface area contributed by atoms with E-state index in [1.807, 2.05) is 0 Å². The molecule has 1 rings (SSSR count). The van der Waals surface area contributed by atoms with Crippen molar-refractivity contribution in [1.82, 2.24) is 9.88 Å². The van der Waals surface area contributed by atoms with E-state index in [0.29, 0.717) is 10.7 Å². The molecule has 0 aliphatic heterocycles. The van der Waals surface area contributed by atoms with Crippen LogP contribution in [0.3, 0.4) is 0 Å². The fourth-order valence-electron chi connectivity index (χ4n) is 1.28. The summed E-state index contributed by atoms with van der Waals surface area (Å²) in [5.74, 6) is -3.83. The van der Waals surface area contributed by atoms with Gasteiger partial charge in [0.05, 0.1) is 12.2 Å². The second-order valence-electron chi connectivity index (χ2n) is 3.90. The SMILES string of the molecule is CN(CC(=O)OC(=O)C(F)(F)F)Cc1cc(Cl)ccn1. The lowest BCUT2D eigenvalue weighted by Crippen LogP contribution is -2.33. The molecule has 0 saturated carbocycles. The van der Waals surface area contributed by atoms with Gasteiger partial charge in [-0.2, -0.15) is 13.2 Å². The molecule has 0 radical (unpaired) electrons. The predicted octanol–water partition coefficient (Wildman–Crippen LogP) is 1.80. The summed E-state index contributed by atoms with van der Waals surface area (Å²) < 4.78 is 39.3. The van der Waals surface area contributed by atoms with E-state index in [1.54, 1.807) is 12.1 Å². The van der Waals surface area contributed by atoms with Crippen LogP contribution in [0.1, 0.15) is 5.69 Å². The number of alkyl halides is 3. The van der Waals surface area contributed by atoms with Gasteiger partial charge >= 0.3 is 18.1 Å². The van der Waals surface area contributed by atoms with Gasteiger partial charge in [-0.1, -0.05) is 11.6 Å². The second-order valence-corrected chi connectivity index (χ2v) is 4.33. The molecule has 1 aromatic heterocycles. The molecule has 0 aliphatic rings. The number of esters is 2. The zero-order valence-corrected chi connectivity index (χ0v) is 11.0. The van der Waals surface area contributed by atoms with Crippen molar-refractivity contribution in [2.45, 2.75) is 12.7 Å². The fourth-order valence-corrected chi connectivity index (χ4v) is 1.46. The molecule has 0 unspecified atom stereocenters. The molecular weight excluding hydrogens is 301 g/mol.